The summed E-state index contributed by atoms with van der Waals surface area (Å²) in [5, 5.41) is 6.95. The molecule has 1 saturated carbocycles. The Morgan fingerprint density at radius 3 is 2.89 bits per heavy atom. The average Bonchev–Trinajstić information content (AvgIpc) is 3.51. The normalized spacial score (nSPS) is 18.9. The number of rotatable bonds is 9. The maximum Gasteiger partial charge on any atom is 0.213 e. The van der Waals surface area contributed by atoms with Gasteiger partial charge in [0.25, 0.3) is 0 Å². The molecule has 6 heteroatoms. The molecular formula is C21H33N5O. The van der Waals surface area contributed by atoms with Crippen molar-refractivity contribution in [1.82, 2.24) is 20.5 Å². The lowest BCUT2D eigenvalue weighted by Crippen LogP contribution is -2.48. The van der Waals surface area contributed by atoms with Crippen LogP contribution in [0.25, 0.3) is 0 Å². The molecule has 0 bridgehead atoms. The third-order valence-electron chi connectivity index (χ3n) is 5.04. The number of nitrogens with one attached hydrogen (secondary N) is 2. The molecule has 0 radical (unpaired) electrons. The average molecular weight is 372 g/mol. The van der Waals surface area contributed by atoms with E-state index in [2.05, 4.69) is 34.0 Å². The minimum absolute atomic E-state index is 0.471. The highest BCUT2D eigenvalue weighted by Crippen LogP contribution is 2.29. The van der Waals surface area contributed by atoms with E-state index in [1.165, 1.54) is 12.8 Å². The summed E-state index contributed by atoms with van der Waals surface area (Å²) in [5.41, 5.74) is 1.12. The molecule has 6 nitrogen and oxygen atoms in total. The van der Waals surface area contributed by atoms with Crippen LogP contribution in [0.15, 0.2) is 36.0 Å². The summed E-state index contributed by atoms with van der Waals surface area (Å²) in [7, 11) is 0. The van der Waals surface area contributed by atoms with E-state index in [-0.39, 0.29) is 0 Å². The van der Waals surface area contributed by atoms with Gasteiger partial charge in [-0.05, 0) is 50.2 Å². The minimum Gasteiger partial charge on any atom is -0.477 e. The summed E-state index contributed by atoms with van der Waals surface area (Å²) >= 11 is 0. The van der Waals surface area contributed by atoms with Gasteiger partial charge >= 0.3 is 0 Å². The largest absolute Gasteiger partial charge is 0.477 e. The molecule has 1 aromatic rings. The first-order chi connectivity index (χ1) is 13.3. The highest BCUT2D eigenvalue weighted by Gasteiger charge is 2.22. The predicted octanol–water partition coefficient (Wildman–Crippen LogP) is 2.58. The van der Waals surface area contributed by atoms with Crippen LogP contribution in [0.1, 0.15) is 38.2 Å². The van der Waals surface area contributed by atoms with Gasteiger partial charge in [0.2, 0.25) is 5.88 Å². The van der Waals surface area contributed by atoms with Crippen molar-refractivity contribution in [3.63, 3.8) is 0 Å². The van der Waals surface area contributed by atoms with Crippen molar-refractivity contribution in [3.05, 3.63) is 36.5 Å². The molecule has 2 fully saturated rings. The first-order valence-electron chi connectivity index (χ1n) is 10.2. The van der Waals surface area contributed by atoms with E-state index >= 15 is 0 Å². The Kier molecular flexibility index (Phi) is 7.51. The van der Waals surface area contributed by atoms with E-state index in [1.54, 1.807) is 0 Å². The van der Waals surface area contributed by atoms with E-state index in [0.717, 1.165) is 63.1 Å². The van der Waals surface area contributed by atoms with Gasteiger partial charge in [-0.2, -0.15) is 0 Å². The zero-order chi connectivity index (χ0) is 18.9. The maximum atomic E-state index is 5.77. The molecule has 1 aromatic heterocycles. The van der Waals surface area contributed by atoms with Crippen molar-refractivity contribution in [2.45, 2.75) is 45.2 Å². The Bertz CT molecular complexity index is 621. The number of hydrogen-bond acceptors (Lipinski definition) is 4. The Hall–Kier alpha value is -2.08. The summed E-state index contributed by atoms with van der Waals surface area (Å²) in [6.07, 6.45) is 8.63. The molecule has 0 unspecified atom stereocenters. The number of likely N-dealkylation sites (tertiary alicyclic amines) is 1. The fourth-order valence-corrected chi connectivity index (χ4v) is 3.24. The second kappa shape index (κ2) is 10.3. The van der Waals surface area contributed by atoms with Gasteiger partial charge in [-0.25, -0.2) is 9.98 Å². The van der Waals surface area contributed by atoms with Crippen molar-refractivity contribution >= 4 is 5.96 Å². The Morgan fingerprint density at radius 2 is 2.19 bits per heavy atom. The van der Waals surface area contributed by atoms with Crippen LogP contribution in [-0.4, -0.2) is 54.7 Å². The van der Waals surface area contributed by atoms with Crippen LogP contribution in [0.5, 0.6) is 5.88 Å². The molecular weight excluding hydrogens is 338 g/mol. The standard InChI is InChI=1S/C21H33N5O/c1-3-11-26-12-8-19(9-13-26)25-21(22-4-2)24-15-18-7-10-23-20(14-18)27-16-17-5-6-17/h3,7,10,14,17,19H,1,4-6,8-9,11-13,15-16H2,2H3,(H2,22,24,25). The van der Waals surface area contributed by atoms with Gasteiger partial charge in [0.15, 0.2) is 5.96 Å². The van der Waals surface area contributed by atoms with Crippen LogP contribution in [0.3, 0.4) is 0 Å². The van der Waals surface area contributed by atoms with Crippen LogP contribution in [-0.2, 0) is 6.54 Å². The van der Waals surface area contributed by atoms with Crippen LogP contribution in [0, 0.1) is 5.92 Å². The molecule has 2 heterocycles. The van der Waals surface area contributed by atoms with Crippen molar-refractivity contribution in [2.24, 2.45) is 10.9 Å². The fourth-order valence-electron chi connectivity index (χ4n) is 3.24. The number of aliphatic imine (C=N–C) groups is 1. The number of hydrogen-bond donors (Lipinski definition) is 2. The number of guanidine groups is 1. The Morgan fingerprint density at radius 1 is 1.37 bits per heavy atom. The van der Waals surface area contributed by atoms with E-state index in [9.17, 15) is 0 Å². The number of aromatic nitrogens is 1. The topological polar surface area (TPSA) is 61.8 Å². The van der Waals surface area contributed by atoms with Crippen molar-refractivity contribution in [1.29, 1.82) is 0 Å². The lowest BCUT2D eigenvalue weighted by atomic mass is 10.1. The van der Waals surface area contributed by atoms with E-state index in [1.807, 2.05) is 24.4 Å². The smallest absolute Gasteiger partial charge is 0.213 e. The number of piperidine rings is 1. The first-order valence-corrected chi connectivity index (χ1v) is 10.2. The van der Waals surface area contributed by atoms with Crippen LogP contribution in [0.2, 0.25) is 0 Å². The third kappa shape index (κ3) is 6.86. The molecule has 2 N–H and O–H groups in total. The van der Waals surface area contributed by atoms with Gasteiger partial charge in [-0.15, -0.1) is 6.58 Å². The van der Waals surface area contributed by atoms with Crippen LogP contribution < -0.4 is 15.4 Å². The zero-order valence-electron chi connectivity index (χ0n) is 16.5. The quantitative estimate of drug-likeness (QED) is 0.397. The van der Waals surface area contributed by atoms with Gasteiger partial charge in [-0.1, -0.05) is 6.08 Å². The highest BCUT2D eigenvalue weighted by atomic mass is 16.5. The van der Waals surface area contributed by atoms with Gasteiger partial charge in [-0.3, -0.25) is 4.90 Å². The molecule has 2 aliphatic rings. The predicted molar refractivity (Wildman–Crippen MR) is 110 cm³/mol. The summed E-state index contributed by atoms with van der Waals surface area (Å²) in [5.74, 6) is 2.33. The molecule has 1 aliphatic heterocycles. The lowest BCUT2D eigenvalue weighted by Gasteiger charge is -2.32. The van der Waals surface area contributed by atoms with Gasteiger partial charge < -0.3 is 15.4 Å². The third-order valence-corrected chi connectivity index (χ3v) is 5.04. The van der Waals surface area contributed by atoms with Crippen molar-refractivity contribution < 1.29 is 4.74 Å². The lowest BCUT2D eigenvalue weighted by molar-refractivity contribution is 0.225. The number of nitrogens with zero attached hydrogens (tertiary/aromatic N) is 3. The second-order valence-corrected chi connectivity index (χ2v) is 7.46. The molecule has 0 atom stereocenters. The molecule has 0 aromatic carbocycles. The van der Waals surface area contributed by atoms with Crippen molar-refractivity contribution in [3.8, 4) is 5.88 Å². The van der Waals surface area contributed by atoms with Crippen molar-refractivity contribution in [2.75, 3.05) is 32.8 Å². The molecule has 0 amide bonds. The van der Waals surface area contributed by atoms with E-state index in [0.29, 0.717) is 18.5 Å². The van der Waals surface area contributed by atoms with E-state index < -0.39 is 0 Å². The minimum atomic E-state index is 0.471. The highest BCUT2D eigenvalue weighted by molar-refractivity contribution is 5.80. The van der Waals surface area contributed by atoms with E-state index in [4.69, 9.17) is 9.73 Å². The SMILES string of the molecule is C=CCN1CCC(NC(=NCc2ccnc(OCC3CC3)c2)NCC)CC1. The molecule has 0 spiro atoms. The fraction of sp³-hybridized carbons (Fsp3) is 0.619. The molecule has 148 valence electrons. The zero-order valence-corrected chi connectivity index (χ0v) is 16.5. The van der Waals surface area contributed by atoms with Gasteiger partial charge in [0.05, 0.1) is 13.2 Å². The number of pyridine rings is 1. The second-order valence-electron chi connectivity index (χ2n) is 7.46. The van der Waals surface area contributed by atoms with Crippen LogP contribution >= 0.6 is 0 Å². The Balaban J connectivity index is 1.50. The molecule has 1 aliphatic carbocycles. The maximum absolute atomic E-state index is 5.77. The monoisotopic (exact) mass is 371 g/mol. The summed E-state index contributed by atoms with van der Waals surface area (Å²) in [6, 6.07) is 4.48. The first kappa shape index (κ1) is 19.7. The molecule has 3 rings (SSSR count). The summed E-state index contributed by atoms with van der Waals surface area (Å²) < 4.78 is 5.77. The van der Waals surface area contributed by atoms with Crippen LogP contribution in [0.4, 0.5) is 0 Å². The summed E-state index contributed by atoms with van der Waals surface area (Å²) in [6.45, 7) is 11.4. The summed E-state index contributed by atoms with van der Waals surface area (Å²) in [4.78, 5) is 11.5. The van der Waals surface area contributed by atoms with Gasteiger partial charge in [0.1, 0.15) is 0 Å². The molecule has 27 heavy (non-hydrogen) atoms. The molecule has 1 saturated heterocycles. The number of ether oxygens (including phenoxy) is 1. The van der Waals surface area contributed by atoms with Gasteiger partial charge in [0, 0.05) is 44.5 Å². The Labute approximate surface area is 163 Å².